The zero-order valence-electron chi connectivity index (χ0n) is 17.5. The number of rotatable bonds is 6. The predicted molar refractivity (Wildman–Crippen MR) is 124 cm³/mol. The largest absolute Gasteiger partial charge is 0.507 e. The summed E-state index contributed by atoms with van der Waals surface area (Å²) in [5, 5.41) is 12.0. The van der Waals surface area contributed by atoms with Gasteiger partial charge in [0.15, 0.2) is 0 Å². The minimum Gasteiger partial charge on any atom is -0.507 e. The Kier molecular flexibility index (Phi) is 7.16. The Labute approximate surface area is 197 Å². The second-order valence-corrected chi connectivity index (χ2v) is 8.67. The molecule has 6 nitrogen and oxygen atoms in total. The van der Waals surface area contributed by atoms with Crippen molar-refractivity contribution in [3.63, 3.8) is 0 Å². The lowest BCUT2D eigenvalue weighted by Crippen LogP contribution is -2.39. The minimum atomic E-state index is -0.760. The van der Waals surface area contributed by atoms with Crippen molar-refractivity contribution in [2.45, 2.75) is 12.5 Å². The molecule has 2 aliphatic heterocycles. The van der Waals surface area contributed by atoms with Crippen LogP contribution >= 0.6 is 23.2 Å². The van der Waals surface area contributed by atoms with E-state index >= 15 is 0 Å². The van der Waals surface area contributed by atoms with Crippen molar-refractivity contribution >= 4 is 40.7 Å². The molecule has 2 aliphatic rings. The van der Waals surface area contributed by atoms with Gasteiger partial charge >= 0.3 is 0 Å². The number of hydrogen-bond acceptors (Lipinski definition) is 5. The number of aliphatic hydroxyl groups excluding tert-OH is 1. The van der Waals surface area contributed by atoms with Crippen molar-refractivity contribution in [3.8, 4) is 0 Å². The highest BCUT2D eigenvalue weighted by Crippen LogP contribution is 2.41. The van der Waals surface area contributed by atoms with Crippen LogP contribution in [-0.4, -0.2) is 66.0 Å². The van der Waals surface area contributed by atoms with E-state index in [-0.39, 0.29) is 11.3 Å². The number of ketones is 1. The van der Waals surface area contributed by atoms with Crippen LogP contribution < -0.4 is 0 Å². The van der Waals surface area contributed by atoms with Crippen LogP contribution in [0.4, 0.5) is 0 Å². The molecule has 1 unspecified atom stereocenters. The highest BCUT2D eigenvalue weighted by molar-refractivity contribution is 6.47. The summed E-state index contributed by atoms with van der Waals surface area (Å²) in [6, 6.07) is 12.8. The van der Waals surface area contributed by atoms with E-state index < -0.39 is 17.7 Å². The maximum Gasteiger partial charge on any atom is 0.295 e. The third-order valence-electron chi connectivity index (χ3n) is 5.83. The molecule has 1 amide bonds. The number of benzene rings is 2. The van der Waals surface area contributed by atoms with Crippen LogP contribution in [0.15, 0.2) is 54.1 Å². The van der Waals surface area contributed by atoms with Gasteiger partial charge < -0.3 is 14.7 Å². The molecule has 2 heterocycles. The number of halogens is 2. The van der Waals surface area contributed by atoms with Gasteiger partial charge in [0.2, 0.25) is 0 Å². The lowest BCUT2D eigenvalue weighted by molar-refractivity contribution is -0.140. The summed E-state index contributed by atoms with van der Waals surface area (Å²) in [6.07, 6.45) is 0.689. The molecular weight excluding hydrogens is 451 g/mol. The molecule has 4 rings (SSSR count). The molecule has 2 aromatic rings. The highest BCUT2D eigenvalue weighted by Gasteiger charge is 2.46. The Morgan fingerprint density at radius 3 is 2.38 bits per heavy atom. The van der Waals surface area contributed by atoms with E-state index in [0.717, 1.165) is 19.6 Å². The molecule has 2 saturated heterocycles. The normalized spacial score (nSPS) is 21.3. The zero-order valence-corrected chi connectivity index (χ0v) is 19.0. The van der Waals surface area contributed by atoms with Crippen LogP contribution in [0.3, 0.4) is 0 Å². The Morgan fingerprint density at radius 2 is 1.69 bits per heavy atom. The molecule has 1 N–H and O–H groups in total. The summed E-state index contributed by atoms with van der Waals surface area (Å²) >= 11 is 12.4. The average Bonchev–Trinajstić information content (AvgIpc) is 3.05. The molecule has 168 valence electrons. The topological polar surface area (TPSA) is 70.1 Å². The first-order valence-electron chi connectivity index (χ1n) is 10.6. The van der Waals surface area contributed by atoms with Gasteiger partial charge in [-0.2, -0.15) is 0 Å². The van der Waals surface area contributed by atoms with Gasteiger partial charge in [-0.05, 0) is 42.3 Å². The molecule has 0 radical (unpaired) electrons. The smallest absolute Gasteiger partial charge is 0.295 e. The number of Topliss-reactive ketones (excluding diaryl/α,β-unsaturated/α-hetero) is 1. The standard InChI is InChI=1S/C24H24Cl2N2O4/c25-17-8-6-16(7-9-17)22(29)20-21(18-4-1-2-5-19(18)26)28(24(31)23(20)30)11-3-10-27-12-14-32-15-13-27/h1-2,4-9,21,29H,3,10-15H2/b22-20+. The number of carbonyl (C=O) groups is 2. The van der Waals surface area contributed by atoms with Gasteiger partial charge in [0, 0.05) is 41.8 Å². The van der Waals surface area contributed by atoms with E-state index in [1.807, 2.05) is 0 Å². The Hall–Kier alpha value is -2.38. The summed E-state index contributed by atoms with van der Waals surface area (Å²) in [5.41, 5.74) is 1.06. The van der Waals surface area contributed by atoms with Crippen molar-refractivity contribution in [1.29, 1.82) is 0 Å². The van der Waals surface area contributed by atoms with Crippen LogP contribution in [0, 0.1) is 0 Å². The minimum absolute atomic E-state index is 0.0387. The van der Waals surface area contributed by atoms with Crippen molar-refractivity contribution in [1.82, 2.24) is 9.80 Å². The first kappa shape index (κ1) is 22.8. The van der Waals surface area contributed by atoms with Crippen molar-refractivity contribution in [2.75, 3.05) is 39.4 Å². The number of ether oxygens (including phenoxy) is 1. The molecule has 0 bridgehead atoms. The van der Waals surface area contributed by atoms with Crippen LogP contribution in [0.2, 0.25) is 10.0 Å². The maximum absolute atomic E-state index is 13.1. The molecule has 1 atom stereocenters. The van der Waals surface area contributed by atoms with Crippen LogP contribution in [0.5, 0.6) is 0 Å². The van der Waals surface area contributed by atoms with E-state index in [4.69, 9.17) is 27.9 Å². The quantitative estimate of drug-likeness (QED) is 0.387. The van der Waals surface area contributed by atoms with E-state index in [2.05, 4.69) is 4.90 Å². The number of likely N-dealkylation sites (tertiary alicyclic amines) is 1. The van der Waals surface area contributed by atoms with Crippen molar-refractivity contribution in [2.24, 2.45) is 0 Å². The molecule has 0 spiro atoms. The number of hydrogen-bond donors (Lipinski definition) is 1. The lowest BCUT2D eigenvalue weighted by atomic mass is 9.95. The van der Waals surface area contributed by atoms with Gasteiger partial charge in [-0.1, -0.05) is 41.4 Å². The molecule has 2 aromatic carbocycles. The summed E-state index contributed by atoms with van der Waals surface area (Å²) < 4.78 is 5.38. The molecule has 0 aliphatic carbocycles. The van der Waals surface area contributed by atoms with Crippen molar-refractivity contribution in [3.05, 3.63) is 75.3 Å². The van der Waals surface area contributed by atoms with Gasteiger partial charge in [0.25, 0.3) is 11.7 Å². The Morgan fingerprint density at radius 1 is 1.00 bits per heavy atom. The highest BCUT2D eigenvalue weighted by atomic mass is 35.5. The summed E-state index contributed by atoms with van der Waals surface area (Å²) in [4.78, 5) is 29.9. The van der Waals surface area contributed by atoms with E-state index in [9.17, 15) is 14.7 Å². The molecule has 32 heavy (non-hydrogen) atoms. The number of carbonyl (C=O) groups excluding carboxylic acids is 2. The summed E-state index contributed by atoms with van der Waals surface area (Å²) in [6.45, 7) is 4.26. The SMILES string of the molecule is O=C1C(=O)N(CCCN2CCOCC2)C(c2ccccc2Cl)/C1=C(\O)c1ccc(Cl)cc1. The molecule has 2 fully saturated rings. The van der Waals surface area contributed by atoms with E-state index in [0.29, 0.717) is 47.4 Å². The monoisotopic (exact) mass is 474 g/mol. The molecule has 8 heteroatoms. The number of nitrogens with zero attached hydrogens (tertiary/aromatic N) is 2. The fourth-order valence-corrected chi connectivity index (χ4v) is 4.55. The Bertz CT molecular complexity index is 1030. The average molecular weight is 475 g/mol. The number of morpholine rings is 1. The van der Waals surface area contributed by atoms with Crippen LogP contribution in [0.25, 0.3) is 5.76 Å². The fourth-order valence-electron chi connectivity index (χ4n) is 4.18. The van der Waals surface area contributed by atoms with Gasteiger partial charge in [-0.3, -0.25) is 14.5 Å². The van der Waals surface area contributed by atoms with Gasteiger partial charge in [-0.15, -0.1) is 0 Å². The summed E-state index contributed by atoms with van der Waals surface area (Å²) in [7, 11) is 0. The fraction of sp³-hybridized carbons (Fsp3) is 0.333. The number of aliphatic hydroxyl groups is 1. The molecule has 0 saturated carbocycles. The lowest BCUT2D eigenvalue weighted by Gasteiger charge is -2.29. The third-order valence-corrected chi connectivity index (χ3v) is 6.43. The van der Waals surface area contributed by atoms with Crippen LogP contribution in [-0.2, 0) is 14.3 Å². The van der Waals surface area contributed by atoms with Crippen molar-refractivity contribution < 1.29 is 19.4 Å². The second kappa shape index (κ2) is 10.0. The first-order chi connectivity index (χ1) is 15.5. The molecule has 0 aromatic heterocycles. The predicted octanol–water partition coefficient (Wildman–Crippen LogP) is 4.14. The maximum atomic E-state index is 13.1. The van der Waals surface area contributed by atoms with Crippen LogP contribution in [0.1, 0.15) is 23.6 Å². The van der Waals surface area contributed by atoms with E-state index in [1.165, 1.54) is 4.90 Å². The number of amides is 1. The summed E-state index contributed by atoms with van der Waals surface area (Å²) in [5.74, 6) is -1.58. The van der Waals surface area contributed by atoms with Gasteiger partial charge in [0.1, 0.15) is 5.76 Å². The Balaban J connectivity index is 1.68. The molecular formula is C24H24Cl2N2O4. The zero-order chi connectivity index (χ0) is 22.7. The van der Waals surface area contributed by atoms with Gasteiger partial charge in [-0.25, -0.2) is 0 Å². The third kappa shape index (κ3) is 4.69. The first-order valence-corrected chi connectivity index (χ1v) is 11.3. The van der Waals surface area contributed by atoms with Gasteiger partial charge in [0.05, 0.1) is 24.8 Å². The second-order valence-electron chi connectivity index (χ2n) is 7.83. The van der Waals surface area contributed by atoms with E-state index in [1.54, 1.807) is 48.5 Å².